The number of halogens is 1. The molecule has 0 aliphatic heterocycles. The maximum absolute atomic E-state index is 11.7. The van der Waals surface area contributed by atoms with Gasteiger partial charge in [0.2, 0.25) is 0 Å². The molecule has 2 rings (SSSR count). The van der Waals surface area contributed by atoms with Gasteiger partial charge in [-0.25, -0.2) is 5.43 Å². The van der Waals surface area contributed by atoms with E-state index in [4.69, 9.17) is 11.6 Å². The van der Waals surface area contributed by atoms with Crippen molar-refractivity contribution in [3.05, 3.63) is 59.4 Å². The minimum Gasteiger partial charge on any atom is -0.318 e. The Morgan fingerprint density at radius 3 is 2.55 bits per heavy atom. The van der Waals surface area contributed by atoms with Gasteiger partial charge in [-0.3, -0.25) is 14.6 Å². The third-order valence-corrected chi connectivity index (χ3v) is 2.95. The number of carbonyl (C=O) groups excluding carboxylic acids is 2. The monoisotopic (exact) mass is 316 g/mol. The fourth-order valence-electron chi connectivity index (χ4n) is 1.60. The number of rotatable bonds is 3. The molecular weight excluding hydrogens is 304 g/mol. The lowest BCUT2D eigenvalue weighted by atomic mass is 10.2. The molecule has 7 heteroatoms. The van der Waals surface area contributed by atoms with E-state index in [-0.39, 0.29) is 0 Å². The molecule has 2 amide bonds. The zero-order valence-electron chi connectivity index (χ0n) is 11.7. The number of nitrogens with zero attached hydrogens (tertiary/aromatic N) is 2. The van der Waals surface area contributed by atoms with E-state index in [9.17, 15) is 9.59 Å². The van der Waals surface area contributed by atoms with Crippen molar-refractivity contribution >= 4 is 34.8 Å². The molecule has 2 aromatic rings. The Kier molecular flexibility index (Phi) is 5.21. The van der Waals surface area contributed by atoms with Crippen molar-refractivity contribution in [1.82, 2.24) is 10.4 Å². The van der Waals surface area contributed by atoms with E-state index < -0.39 is 11.8 Å². The maximum Gasteiger partial charge on any atom is 0.329 e. The van der Waals surface area contributed by atoms with Crippen LogP contribution in [0.15, 0.2) is 53.9 Å². The van der Waals surface area contributed by atoms with Crippen LogP contribution in [-0.2, 0) is 9.59 Å². The molecule has 6 nitrogen and oxygen atoms in total. The zero-order chi connectivity index (χ0) is 15.9. The fourth-order valence-corrected chi connectivity index (χ4v) is 1.79. The summed E-state index contributed by atoms with van der Waals surface area (Å²) in [4.78, 5) is 27.3. The lowest BCUT2D eigenvalue weighted by Gasteiger charge is -2.05. The molecule has 0 fully saturated rings. The summed E-state index contributed by atoms with van der Waals surface area (Å²) >= 11 is 5.80. The fraction of sp³-hybridized carbons (Fsp3) is 0.0667. The van der Waals surface area contributed by atoms with Crippen LogP contribution in [0, 0.1) is 0 Å². The van der Waals surface area contributed by atoms with Crippen molar-refractivity contribution in [1.29, 1.82) is 0 Å². The largest absolute Gasteiger partial charge is 0.329 e. The molecule has 0 aliphatic carbocycles. The topological polar surface area (TPSA) is 83.5 Å². The van der Waals surface area contributed by atoms with E-state index in [0.29, 0.717) is 16.4 Å². The number of aromatic nitrogens is 1. The summed E-state index contributed by atoms with van der Waals surface area (Å²) in [7, 11) is 0. The van der Waals surface area contributed by atoms with Crippen LogP contribution in [0.25, 0.3) is 0 Å². The van der Waals surface area contributed by atoms with Gasteiger partial charge in [0, 0.05) is 28.7 Å². The Bertz CT molecular complexity index is 716. The predicted molar refractivity (Wildman–Crippen MR) is 84.7 cm³/mol. The number of hydrogen-bond donors (Lipinski definition) is 2. The SMILES string of the molecule is C/C(=N/NC(=O)C(=O)Nc1cccc(Cl)c1)c1ccncc1. The second-order valence-electron chi connectivity index (χ2n) is 4.34. The van der Waals surface area contributed by atoms with E-state index in [1.165, 1.54) is 6.07 Å². The smallest absolute Gasteiger partial charge is 0.318 e. The quantitative estimate of drug-likeness (QED) is 0.517. The molecular formula is C15H13ClN4O2. The summed E-state index contributed by atoms with van der Waals surface area (Å²) in [5.74, 6) is -1.69. The highest BCUT2D eigenvalue weighted by molar-refractivity contribution is 6.39. The minimum atomic E-state index is -0.867. The van der Waals surface area contributed by atoms with Crippen molar-refractivity contribution in [2.75, 3.05) is 5.32 Å². The van der Waals surface area contributed by atoms with E-state index in [2.05, 4.69) is 20.8 Å². The van der Waals surface area contributed by atoms with Crippen LogP contribution < -0.4 is 10.7 Å². The molecule has 0 saturated heterocycles. The van der Waals surface area contributed by atoms with Crippen molar-refractivity contribution < 1.29 is 9.59 Å². The molecule has 22 heavy (non-hydrogen) atoms. The molecule has 0 bridgehead atoms. The minimum absolute atomic E-state index is 0.433. The van der Waals surface area contributed by atoms with Gasteiger partial charge >= 0.3 is 11.8 Å². The van der Waals surface area contributed by atoms with E-state index >= 15 is 0 Å². The Labute approximate surface area is 132 Å². The first-order valence-corrected chi connectivity index (χ1v) is 6.75. The van der Waals surface area contributed by atoms with Gasteiger partial charge in [-0.05, 0) is 37.3 Å². The lowest BCUT2D eigenvalue weighted by molar-refractivity contribution is -0.136. The maximum atomic E-state index is 11.7. The van der Waals surface area contributed by atoms with E-state index in [0.717, 1.165) is 5.56 Å². The third-order valence-electron chi connectivity index (χ3n) is 2.71. The van der Waals surface area contributed by atoms with E-state index in [1.807, 2.05) is 0 Å². The second kappa shape index (κ2) is 7.33. The molecule has 2 N–H and O–H groups in total. The van der Waals surface area contributed by atoms with Crippen molar-refractivity contribution in [3.8, 4) is 0 Å². The first kappa shape index (κ1) is 15.7. The number of carbonyl (C=O) groups is 2. The van der Waals surface area contributed by atoms with Gasteiger partial charge in [0.15, 0.2) is 0 Å². The predicted octanol–water partition coefficient (Wildman–Crippen LogP) is 2.21. The molecule has 1 aromatic heterocycles. The third kappa shape index (κ3) is 4.39. The first-order chi connectivity index (χ1) is 10.6. The molecule has 0 aliphatic rings. The number of nitrogens with one attached hydrogen (secondary N) is 2. The molecule has 0 saturated carbocycles. The van der Waals surface area contributed by atoms with Gasteiger partial charge < -0.3 is 5.32 Å². The summed E-state index contributed by atoms with van der Waals surface area (Å²) in [5.41, 5.74) is 3.99. The van der Waals surface area contributed by atoms with Crippen LogP contribution in [0.2, 0.25) is 5.02 Å². The number of amides is 2. The van der Waals surface area contributed by atoms with Gasteiger partial charge in [0.25, 0.3) is 0 Å². The van der Waals surface area contributed by atoms with Crippen molar-refractivity contribution in [2.45, 2.75) is 6.92 Å². The van der Waals surface area contributed by atoms with Gasteiger partial charge in [0.05, 0.1) is 5.71 Å². The Morgan fingerprint density at radius 1 is 1.14 bits per heavy atom. The number of hydrogen-bond acceptors (Lipinski definition) is 4. The average molecular weight is 317 g/mol. The number of anilines is 1. The van der Waals surface area contributed by atoms with Crippen LogP contribution in [-0.4, -0.2) is 22.5 Å². The molecule has 112 valence electrons. The van der Waals surface area contributed by atoms with Gasteiger partial charge in [-0.15, -0.1) is 0 Å². The highest BCUT2D eigenvalue weighted by atomic mass is 35.5. The molecule has 0 unspecified atom stereocenters. The van der Waals surface area contributed by atoms with Crippen molar-refractivity contribution in [2.24, 2.45) is 5.10 Å². The lowest BCUT2D eigenvalue weighted by Crippen LogP contribution is -2.32. The van der Waals surface area contributed by atoms with Crippen LogP contribution >= 0.6 is 11.6 Å². The zero-order valence-corrected chi connectivity index (χ0v) is 12.5. The van der Waals surface area contributed by atoms with Gasteiger partial charge in [0.1, 0.15) is 0 Å². The molecule has 1 heterocycles. The molecule has 0 radical (unpaired) electrons. The normalized spacial score (nSPS) is 10.9. The summed E-state index contributed by atoms with van der Waals surface area (Å²) in [5, 5.41) is 6.77. The Balaban J connectivity index is 1.96. The summed E-state index contributed by atoms with van der Waals surface area (Å²) < 4.78 is 0. The van der Waals surface area contributed by atoms with Gasteiger partial charge in [-0.2, -0.15) is 5.10 Å². The number of pyridine rings is 1. The Morgan fingerprint density at radius 2 is 1.86 bits per heavy atom. The summed E-state index contributed by atoms with van der Waals surface area (Å²) in [6, 6.07) is 10.00. The standard InChI is InChI=1S/C15H13ClN4O2/c1-10(11-5-7-17-8-6-11)19-20-15(22)14(21)18-13-4-2-3-12(16)9-13/h2-9H,1H3,(H,18,21)(H,20,22)/b19-10-. The van der Waals surface area contributed by atoms with Crippen LogP contribution in [0.5, 0.6) is 0 Å². The first-order valence-electron chi connectivity index (χ1n) is 6.38. The summed E-state index contributed by atoms with van der Waals surface area (Å²) in [6.07, 6.45) is 3.23. The van der Waals surface area contributed by atoms with Crippen LogP contribution in [0.1, 0.15) is 12.5 Å². The molecule has 0 atom stereocenters. The second-order valence-corrected chi connectivity index (χ2v) is 4.77. The van der Waals surface area contributed by atoms with E-state index in [1.54, 1.807) is 49.6 Å². The molecule has 0 spiro atoms. The molecule has 1 aromatic carbocycles. The highest BCUT2D eigenvalue weighted by Crippen LogP contribution is 2.14. The van der Waals surface area contributed by atoms with Crippen molar-refractivity contribution in [3.63, 3.8) is 0 Å². The average Bonchev–Trinajstić information content (AvgIpc) is 2.53. The highest BCUT2D eigenvalue weighted by Gasteiger charge is 2.13. The van der Waals surface area contributed by atoms with Crippen LogP contribution in [0.3, 0.4) is 0 Å². The summed E-state index contributed by atoms with van der Waals surface area (Å²) in [6.45, 7) is 1.71. The van der Waals surface area contributed by atoms with Gasteiger partial charge in [-0.1, -0.05) is 17.7 Å². The van der Waals surface area contributed by atoms with Crippen LogP contribution in [0.4, 0.5) is 5.69 Å². The Hall–Kier alpha value is -2.73. The number of benzene rings is 1. The number of hydrazone groups is 1.